The monoisotopic (exact) mass is 386 g/mol. The molecule has 3 nitrogen and oxygen atoms in total. The maximum Gasteiger partial charge on any atom is 0.350 e. The van der Waals surface area contributed by atoms with Crippen LogP contribution in [-0.2, 0) is 10.7 Å². The number of nitrogens with zero attached hydrogens (tertiary/aromatic N) is 1. The van der Waals surface area contributed by atoms with Crippen molar-refractivity contribution in [2.75, 3.05) is 13.1 Å². The number of rotatable bonds is 3. The number of hydrogen-bond acceptors (Lipinski definition) is 2. The number of hydrogen-bond donors (Lipinski definition) is 1. The zero-order chi connectivity index (χ0) is 17.3. The summed E-state index contributed by atoms with van der Waals surface area (Å²) in [6.45, 7) is 0.286. The average molecular weight is 387 g/mol. The van der Waals surface area contributed by atoms with Crippen molar-refractivity contribution in [3.05, 3.63) is 70.7 Å². The number of benzene rings is 2. The normalized spacial score (nSPS) is 20.2. The molecule has 7 heteroatoms. The highest BCUT2D eigenvalue weighted by Crippen LogP contribution is 2.35. The van der Waals surface area contributed by atoms with Crippen LogP contribution >= 0.6 is 24.0 Å². The highest BCUT2D eigenvalue weighted by Gasteiger charge is 2.47. The van der Waals surface area contributed by atoms with Gasteiger partial charge in [0.2, 0.25) is 0 Å². The third-order valence-electron chi connectivity index (χ3n) is 4.34. The van der Waals surface area contributed by atoms with E-state index in [2.05, 4.69) is 0 Å². The van der Waals surface area contributed by atoms with E-state index in [0.29, 0.717) is 0 Å². The van der Waals surface area contributed by atoms with Crippen molar-refractivity contribution in [2.24, 2.45) is 5.73 Å². The van der Waals surface area contributed by atoms with Gasteiger partial charge in [-0.1, -0.05) is 54.1 Å². The van der Waals surface area contributed by atoms with Crippen molar-refractivity contribution < 1.29 is 13.6 Å². The number of carbonyl (C=O) groups is 1. The minimum Gasteiger partial charge on any atom is -0.335 e. The van der Waals surface area contributed by atoms with Crippen LogP contribution in [0, 0.1) is 0 Å². The summed E-state index contributed by atoms with van der Waals surface area (Å²) in [7, 11) is 0. The van der Waals surface area contributed by atoms with Crippen LogP contribution < -0.4 is 5.73 Å². The van der Waals surface area contributed by atoms with Crippen LogP contribution in [0.5, 0.6) is 0 Å². The molecule has 1 fully saturated rings. The Balaban J connectivity index is 0.00000225. The second-order valence-electron chi connectivity index (χ2n) is 5.98. The van der Waals surface area contributed by atoms with E-state index in [9.17, 15) is 13.6 Å². The lowest BCUT2D eigenvalue weighted by Gasteiger charge is -2.23. The molecule has 2 aromatic rings. The molecule has 1 amide bonds. The second-order valence-corrected chi connectivity index (χ2v) is 6.41. The first-order chi connectivity index (χ1) is 11.4. The van der Waals surface area contributed by atoms with Gasteiger partial charge in [-0.3, -0.25) is 4.79 Å². The van der Waals surface area contributed by atoms with Gasteiger partial charge in [-0.2, -0.15) is 8.78 Å². The molecule has 2 N–H and O–H groups in total. The minimum absolute atomic E-state index is 0. The molecule has 1 saturated heterocycles. The molecule has 1 heterocycles. The molecule has 1 aliphatic rings. The number of nitrogens with two attached hydrogens (primary N) is 1. The van der Waals surface area contributed by atoms with Gasteiger partial charge in [-0.15, -0.1) is 12.4 Å². The zero-order valence-electron chi connectivity index (χ0n) is 13.2. The van der Waals surface area contributed by atoms with Crippen LogP contribution in [0.3, 0.4) is 0 Å². The SMILES string of the molecule is Cl.N[C@@H]1CN(C(=O)C(F)(F)c2cccc(Cl)c2)C[C@H]1c1ccccc1. The van der Waals surface area contributed by atoms with Crippen LogP contribution in [0.15, 0.2) is 54.6 Å². The van der Waals surface area contributed by atoms with Crippen molar-refractivity contribution in [1.29, 1.82) is 0 Å². The molecule has 0 aliphatic carbocycles. The van der Waals surface area contributed by atoms with E-state index in [4.69, 9.17) is 17.3 Å². The number of halogens is 4. The number of amides is 1. The van der Waals surface area contributed by atoms with E-state index < -0.39 is 17.4 Å². The van der Waals surface area contributed by atoms with Crippen LogP contribution in [0.1, 0.15) is 17.0 Å². The van der Waals surface area contributed by atoms with Gasteiger partial charge in [0.1, 0.15) is 0 Å². The van der Waals surface area contributed by atoms with Gasteiger partial charge >= 0.3 is 5.92 Å². The standard InChI is InChI=1S/C18H17ClF2N2O.ClH/c19-14-8-4-7-13(9-14)18(20,21)17(24)23-10-15(16(22)11-23)12-5-2-1-3-6-12;/h1-9,15-16H,10-11,22H2;1H/t15-,16+;/m0./s1. The van der Waals surface area contributed by atoms with Crippen molar-refractivity contribution in [2.45, 2.75) is 17.9 Å². The Bertz CT molecular complexity index is 743. The molecular weight excluding hydrogens is 369 g/mol. The largest absolute Gasteiger partial charge is 0.350 e. The highest BCUT2D eigenvalue weighted by molar-refractivity contribution is 6.30. The first-order valence-corrected chi connectivity index (χ1v) is 8.01. The van der Waals surface area contributed by atoms with Crippen LogP contribution in [0.2, 0.25) is 5.02 Å². The summed E-state index contributed by atoms with van der Waals surface area (Å²) in [4.78, 5) is 13.5. The van der Waals surface area contributed by atoms with Gasteiger partial charge in [-0.25, -0.2) is 0 Å². The molecule has 0 unspecified atom stereocenters. The van der Waals surface area contributed by atoms with E-state index in [1.165, 1.54) is 18.2 Å². The quantitative estimate of drug-likeness (QED) is 0.871. The van der Waals surface area contributed by atoms with Gasteiger partial charge in [0.15, 0.2) is 0 Å². The Labute approximate surface area is 156 Å². The lowest BCUT2D eigenvalue weighted by atomic mass is 9.95. The molecule has 1 aliphatic heterocycles. The Morgan fingerprint density at radius 3 is 2.44 bits per heavy atom. The molecule has 0 saturated carbocycles. The van der Waals surface area contributed by atoms with E-state index in [0.717, 1.165) is 16.5 Å². The van der Waals surface area contributed by atoms with Crippen molar-refractivity contribution in [3.8, 4) is 0 Å². The van der Waals surface area contributed by atoms with Gasteiger partial charge < -0.3 is 10.6 Å². The number of carbonyl (C=O) groups excluding carboxylic acids is 1. The minimum atomic E-state index is -3.63. The third-order valence-corrected chi connectivity index (χ3v) is 4.57. The Morgan fingerprint density at radius 1 is 1.12 bits per heavy atom. The molecule has 0 aromatic heterocycles. The predicted molar refractivity (Wildman–Crippen MR) is 96.3 cm³/mol. The Hall–Kier alpha value is -1.69. The van der Waals surface area contributed by atoms with E-state index in [-0.39, 0.29) is 42.5 Å². The maximum absolute atomic E-state index is 14.5. The van der Waals surface area contributed by atoms with Crippen LogP contribution in [0.25, 0.3) is 0 Å². The zero-order valence-corrected chi connectivity index (χ0v) is 14.8. The summed E-state index contributed by atoms with van der Waals surface area (Å²) < 4.78 is 29.1. The second kappa shape index (κ2) is 7.68. The van der Waals surface area contributed by atoms with Gasteiger partial charge in [0.05, 0.1) is 0 Å². The topological polar surface area (TPSA) is 46.3 Å². The van der Waals surface area contributed by atoms with E-state index >= 15 is 0 Å². The molecule has 0 spiro atoms. The Kier molecular flexibility index (Phi) is 6.03. The molecule has 0 bridgehead atoms. The lowest BCUT2D eigenvalue weighted by Crippen LogP contribution is -2.41. The average Bonchev–Trinajstić information content (AvgIpc) is 2.96. The van der Waals surface area contributed by atoms with E-state index in [1.54, 1.807) is 0 Å². The summed E-state index contributed by atoms with van der Waals surface area (Å²) in [5.74, 6) is -5.01. The summed E-state index contributed by atoms with van der Waals surface area (Å²) in [5, 5.41) is 0.167. The molecule has 134 valence electrons. The summed E-state index contributed by atoms with van der Waals surface area (Å²) >= 11 is 5.76. The first kappa shape index (κ1) is 19.6. The molecule has 2 aromatic carbocycles. The van der Waals surface area contributed by atoms with Gasteiger partial charge in [0, 0.05) is 35.6 Å². The molecule has 0 radical (unpaired) electrons. The molecule has 3 rings (SSSR count). The lowest BCUT2D eigenvalue weighted by molar-refractivity contribution is -0.157. The van der Waals surface area contributed by atoms with E-state index in [1.807, 2.05) is 30.3 Å². The molecule has 2 atom stereocenters. The Morgan fingerprint density at radius 2 is 1.80 bits per heavy atom. The fourth-order valence-corrected chi connectivity index (χ4v) is 3.24. The van der Waals surface area contributed by atoms with Crippen LogP contribution in [-0.4, -0.2) is 29.9 Å². The fourth-order valence-electron chi connectivity index (χ4n) is 3.05. The number of likely N-dealkylation sites (tertiary alicyclic amines) is 1. The number of alkyl halides is 2. The van der Waals surface area contributed by atoms with Gasteiger partial charge in [0.25, 0.3) is 5.91 Å². The first-order valence-electron chi connectivity index (χ1n) is 7.63. The van der Waals surface area contributed by atoms with Crippen molar-refractivity contribution in [3.63, 3.8) is 0 Å². The van der Waals surface area contributed by atoms with Crippen LogP contribution in [0.4, 0.5) is 8.78 Å². The molecular formula is C18H18Cl2F2N2O. The maximum atomic E-state index is 14.5. The molecule has 25 heavy (non-hydrogen) atoms. The fraction of sp³-hybridized carbons (Fsp3) is 0.278. The smallest absolute Gasteiger partial charge is 0.335 e. The van der Waals surface area contributed by atoms with Gasteiger partial charge in [-0.05, 0) is 17.7 Å². The van der Waals surface area contributed by atoms with Crippen molar-refractivity contribution >= 4 is 29.9 Å². The summed E-state index contributed by atoms with van der Waals surface area (Å²) in [5.41, 5.74) is 6.63. The predicted octanol–water partition coefficient (Wildman–Crippen LogP) is 3.81. The summed E-state index contributed by atoms with van der Waals surface area (Å²) in [6, 6.07) is 14.2. The van der Waals surface area contributed by atoms with Crippen molar-refractivity contribution in [1.82, 2.24) is 4.90 Å². The highest BCUT2D eigenvalue weighted by atomic mass is 35.5. The third kappa shape index (κ3) is 3.94. The summed E-state index contributed by atoms with van der Waals surface area (Å²) in [6.07, 6.45) is 0.